The first-order chi connectivity index (χ1) is 8.75. The smallest absolute Gasteiger partial charge is 0.254 e. The average Bonchev–Trinajstić information content (AvgIpc) is 2.80. The van der Waals surface area contributed by atoms with Crippen molar-refractivity contribution in [2.45, 2.75) is 19.3 Å². The van der Waals surface area contributed by atoms with Crippen LogP contribution in [-0.2, 0) is 0 Å². The summed E-state index contributed by atoms with van der Waals surface area (Å²) < 4.78 is 4.48. The maximum absolute atomic E-state index is 12.2. The normalized spacial score (nSPS) is 16.1. The fraction of sp³-hybridized carbons (Fsp3) is 0.417. The molecule has 6 nitrogen and oxygen atoms in total. The molecule has 1 aromatic carbocycles. The van der Waals surface area contributed by atoms with Gasteiger partial charge in [0.15, 0.2) is 0 Å². The molecule has 1 saturated heterocycles. The lowest BCUT2D eigenvalue weighted by molar-refractivity contribution is -0.782. The number of amides is 1. The highest BCUT2D eigenvalue weighted by molar-refractivity contribution is 5.96. The molecule has 0 unspecified atom stereocenters. The van der Waals surface area contributed by atoms with E-state index in [1.807, 2.05) is 4.90 Å². The molecule has 0 spiro atoms. The van der Waals surface area contributed by atoms with Crippen LogP contribution in [0.3, 0.4) is 0 Å². The number of carbonyl (C=O) groups excluding carboxylic acids is 1. The summed E-state index contributed by atoms with van der Waals surface area (Å²) in [7, 11) is 0. The zero-order chi connectivity index (χ0) is 12.5. The number of fused-ring (bicyclic) bond motifs is 1. The molecule has 0 radical (unpaired) electrons. The minimum absolute atomic E-state index is 0.00273. The Bertz CT molecular complexity index is 587. The van der Waals surface area contributed by atoms with Gasteiger partial charge in [-0.1, -0.05) is 0 Å². The molecular weight excluding hydrogens is 234 g/mol. The summed E-state index contributed by atoms with van der Waals surface area (Å²) in [6, 6.07) is 4.81. The van der Waals surface area contributed by atoms with Crippen LogP contribution in [0.15, 0.2) is 22.8 Å². The molecule has 1 aliphatic heterocycles. The van der Waals surface area contributed by atoms with E-state index in [1.54, 1.807) is 18.2 Å². The monoisotopic (exact) mass is 247 g/mol. The van der Waals surface area contributed by atoms with Crippen LogP contribution < -0.4 is 4.90 Å². The highest BCUT2D eigenvalue weighted by Crippen LogP contribution is 2.16. The highest BCUT2D eigenvalue weighted by atomic mass is 16.8. The van der Waals surface area contributed by atoms with Gasteiger partial charge in [0.2, 0.25) is 11.0 Å². The second-order valence-electron chi connectivity index (χ2n) is 4.49. The Morgan fingerprint density at radius 1 is 1.33 bits per heavy atom. The third-order valence-electron chi connectivity index (χ3n) is 3.28. The highest BCUT2D eigenvalue weighted by Gasteiger charge is 2.20. The Morgan fingerprint density at radius 2 is 2.11 bits per heavy atom. The van der Waals surface area contributed by atoms with Gasteiger partial charge in [-0.3, -0.25) is 9.42 Å². The zero-order valence-corrected chi connectivity index (χ0v) is 9.83. The summed E-state index contributed by atoms with van der Waals surface area (Å²) in [4.78, 5) is 14.4. The maximum atomic E-state index is 12.2. The molecule has 0 bridgehead atoms. The number of aromatic nitrogens is 2. The van der Waals surface area contributed by atoms with Crippen molar-refractivity contribution in [1.82, 2.24) is 10.1 Å². The van der Waals surface area contributed by atoms with Gasteiger partial charge in [0.1, 0.15) is 0 Å². The Kier molecular flexibility index (Phi) is 2.62. The standard InChI is InChI=1S/C12H13N3O3/c16-12(14-6-2-1-3-7-14)9-4-5-11-10(8-9)13-18-15(11)17/h4-5,8H,1-3,6-7H2. The second-order valence-corrected chi connectivity index (χ2v) is 4.49. The number of carbonyl (C=O) groups is 1. The number of benzene rings is 1. The van der Waals surface area contributed by atoms with Gasteiger partial charge in [0, 0.05) is 29.9 Å². The van der Waals surface area contributed by atoms with Gasteiger partial charge in [-0.2, -0.15) is 0 Å². The average molecular weight is 247 g/mol. The molecule has 0 N–H and O–H groups in total. The first-order valence-electron chi connectivity index (χ1n) is 6.04. The Labute approximate surface area is 103 Å². The Balaban J connectivity index is 1.91. The van der Waals surface area contributed by atoms with Gasteiger partial charge in [-0.05, 0) is 36.3 Å². The number of piperidine rings is 1. The molecule has 18 heavy (non-hydrogen) atoms. The molecule has 0 saturated carbocycles. The number of nitrogens with zero attached hydrogens (tertiary/aromatic N) is 3. The summed E-state index contributed by atoms with van der Waals surface area (Å²) in [5.74, 6) is -0.00273. The van der Waals surface area contributed by atoms with E-state index in [0.717, 1.165) is 25.9 Å². The van der Waals surface area contributed by atoms with Crippen molar-refractivity contribution in [2.24, 2.45) is 0 Å². The van der Waals surface area contributed by atoms with Crippen LogP contribution in [0.4, 0.5) is 0 Å². The number of hydrogen-bond donors (Lipinski definition) is 0. The Hall–Kier alpha value is -2.11. The van der Waals surface area contributed by atoms with Crippen LogP contribution in [-0.4, -0.2) is 29.1 Å². The van der Waals surface area contributed by atoms with E-state index >= 15 is 0 Å². The van der Waals surface area contributed by atoms with Crippen molar-refractivity contribution in [1.29, 1.82) is 0 Å². The first kappa shape index (κ1) is 11.0. The van der Waals surface area contributed by atoms with E-state index in [4.69, 9.17) is 0 Å². The van der Waals surface area contributed by atoms with Crippen molar-refractivity contribution in [2.75, 3.05) is 13.1 Å². The van der Waals surface area contributed by atoms with Gasteiger partial charge in [0.25, 0.3) is 5.91 Å². The van der Waals surface area contributed by atoms with Crippen LogP contribution in [0.2, 0.25) is 0 Å². The summed E-state index contributed by atoms with van der Waals surface area (Å²) in [6.07, 6.45) is 3.29. The predicted molar refractivity (Wildman–Crippen MR) is 62.7 cm³/mol. The van der Waals surface area contributed by atoms with E-state index in [-0.39, 0.29) is 5.91 Å². The summed E-state index contributed by atoms with van der Waals surface area (Å²) in [5.41, 5.74) is 1.30. The third kappa shape index (κ3) is 1.79. The van der Waals surface area contributed by atoms with E-state index in [0.29, 0.717) is 21.5 Å². The lowest BCUT2D eigenvalue weighted by Crippen LogP contribution is -2.35. The number of hydrogen-bond acceptors (Lipinski definition) is 4. The molecule has 2 aromatic rings. The summed E-state index contributed by atoms with van der Waals surface area (Å²) in [6.45, 7) is 1.61. The van der Waals surface area contributed by atoms with Gasteiger partial charge < -0.3 is 10.1 Å². The third-order valence-corrected chi connectivity index (χ3v) is 3.28. The van der Waals surface area contributed by atoms with Gasteiger partial charge in [-0.25, -0.2) is 0 Å². The van der Waals surface area contributed by atoms with Crippen LogP contribution >= 0.6 is 0 Å². The van der Waals surface area contributed by atoms with Gasteiger partial charge in [0.05, 0.1) is 0 Å². The van der Waals surface area contributed by atoms with Gasteiger partial charge in [-0.15, -0.1) is 0 Å². The van der Waals surface area contributed by atoms with E-state index in [1.165, 1.54) is 6.42 Å². The van der Waals surface area contributed by atoms with Crippen molar-refractivity contribution >= 4 is 16.9 Å². The van der Waals surface area contributed by atoms with Crippen molar-refractivity contribution < 1.29 is 14.3 Å². The van der Waals surface area contributed by atoms with Crippen molar-refractivity contribution in [3.8, 4) is 0 Å². The van der Waals surface area contributed by atoms with Crippen LogP contribution in [0.1, 0.15) is 29.6 Å². The molecule has 3 rings (SSSR count). The van der Waals surface area contributed by atoms with E-state index in [2.05, 4.69) is 9.79 Å². The largest absolute Gasteiger partial charge is 0.359 e. The molecule has 1 amide bonds. The van der Waals surface area contributed by atoms with Crippen molar-refractivity contribution in [3.05, 3.63) is 29.0 Å². The zero-order valence-electron chi connectivity index (χ0n) is 9.83. The molecule has 6 heteroatoms. The lowest BCUT2D eigenvalue weighted by atomic mass is 10.1. The summed E-state index contributed by atoms with van der Waals surface area (Å²) in [5, 5.41) is 14.8. The molecular formula is C12H13N3O3. The number of rotatable bonds is 1. The van der Waals surface area contributed by atoms with Crippen LogP contribution in [0, 0.1) is 5.21 Å². The molecule has 1 aromatic heterocycles. The number of likely N-dealkylation sites (tertiary alicyclic amines) is 1. The lowest BCUT2D eigenvalue weighted by Gasteiger charge is -2.26. The fourth-order valence-corrected chi connectivity index (χ4v) is 2.29. The topological polar surface area (TPSA) is 73.3 Å². The quantitative estimate of drug-likeness (QED) is 0.707. The Morgan fingerprint density at radius 3 is 2.89 bits per heavy atom. The molecule has 0 aliphatic carbocycles. The molecule has 2 heterocycles. The van der Waals surface area contributed by atoms with Gasteiger partial charge >= 0.3 is 0 Å². The second kappa shape index (κ2) is 4.29. The molecule has 1 aliphatic rings. The molecule has 0 atom stereocenters. The molecule has 94 valence electrons. The van der Waals surface area contributed by atoms with E-state index < -0.39 is 0 Å². The molecule has 1 fully saturated rings. The minimum Gasteiger partial charge on any atom is -0.359 e. The van der Waals surface area contributed by atoms with E-state index in [9.17, 15) is 10.0 Å². The van der Waals surface area contributed by atoms with Crippen LogP contribution in [0.5, 0.6) is 0 Å². The van der Waals surface area contributed by atoms with Crippen LogP contribution in [0.25, 0.3) is 11.0 Å². The maximum Gasteiger partial charge on any atom is 0.254 e. The van der Waals surface area contributed by atoms with Crippen molar-refractivity contribution in [3.63, 3.8) is 0 Å². The fourth-order valence-electron chi connectivity index (χ4n) is 2.29. The first-order valence-corrected chi connectivity index (χ1v) is 6.04. The minimum atomic E-state index is -0.00273. The predicted octanol–water partition coefficient (Wildman–Crippen LogP) is 1.09. The SMILES string of the molecule is O=C(c1ccc2c(c1)no[n+]2[O-])N1CCCCC1. The summed E-state index contributed by atoms with van der Waals surface area (Å²) >= 11 is 0.